The van der Waals surface area contributed by atoms with Gasteiger partial charge < -0.3 is 19.7 Å². The number of hydrogen-bond donors (Lipinski definition) is 1. The molecule has 3 rings (SSSR count). The van der Waals surface area contributed by atoms with E-state index in [0.717, 1.165) is 25.5 Å². The molecule has 0 saturated carbocycles. The summed E-state index contributed by atoms with van der Waals surface area (Å²) in [6, 6.07) is 5.39. The number of piperidine rings is 1. The zero-order chi connectivity index (χ0) is 16.1. The number of ether oxygens (including phenoxy) is 2. The number of pyridine rings is 1. The Bertz CT molecular complexity index is 481. The third kappa shape index (κ3) is 4.90. The van der Waals surface area contributed by atoms with Gasteiger partial charge in [0.25, 0.3) is 0 Å². The number of nitrogens with zero attached hydrogens (tertiary/aromatic N) is 2. The molecular formula is C18H29N3O2. The second-order valence-corrected chi connectivity index (χ2v) is 6.89. The van der Waals surface area contributed by atoms with Crippen molar-refractivity contribution in [3.05, 3.63) is 23.9 Å². The van der Waals surface area contributed by atoms with Crippen LogP contribution in [0.15, 0.2) is 18.3 Å². The minimum absolute atomic E-state index is 0.158. The first-order chi connectivity index (χ1) is 11.2. The van der Waals surface area contributed by atoms with E-state index in [1.165, 1.54) is 31.5 Å². The van der Waals surface area contributed by atoms with Crippen LogP contribution in [0.3, 0.4) is 0 Å². The summed E-state index contributed by atoms with van der Waals surface area (Å²) in [4.78, 5) is 6.87. The summed E-state index contributed by atoms with van der Waals surface area (Å²) in [5, 5.41) is 3.68. The highest BCUT2D eigenvalue weighted by Gasteiger charge is 2.20. The molecule has 1 N–H and O–H groups in total. The molecule has 0 amide bonds. The molecule has 2 aliphatic heterocycles. The van der Waals surface area contributed by atoms with Crippen molar-refractivity contribution in [3.8, 4) is 5.88 Å². The molecule has 23 heavy (non-hydrogen) atoms. The lowest BCUT2D eigenvalue weighted by molar-refractivity contribution is 0.138. The number of likely N-dealkylation sites (tertiary alicyclic amines) is 1. The zero-order valence-electron chi connectivity index (χ0n) is 14.3. The topological polar surface area (TPSA) is 46.6 Å². The first kappa shape index (κ1) is 16.7. The van der Waals surface area contributed by atoms with Gasteiger partial charge in [0, 0.05) is 37.3 Å². The third-order valence-electron chi connectivity index (χ3n) is 4.83. The Balaban J connectivity index is 1.45. The van der Waals surface area contributed by atoms with Crippen LogP contribution in [0.5, 0.6) is 5.88 Å². The summed E-state index contributed by atoms with van der Waals surface area (Å²) in [5.41, 5.74) is 1.24. The highest BCUT2D eigenvalue weighted by atomic mass is 16.5. The van der Waals surface area contributed by atoms with Crippen molar-refractivity contribution < 1.29 is 9.47 Å². The van der Waals surface area contributed by atoms with Gasteiger partial charge in [-0.05, 0) is 51.4 Å². The smallest absolute Gasteiger partial charge is 0.213 e. The van der Waals surface area contributed by atoms with E-state index in [1.807, 2.05) is 6.20 Å². The summed E-state index contributed by atoms with van der Waals surface area (Å²) < 4.78 is 11.2. The van der Waals surface area contributed by atoms with E-state index < -0.39 is 0 Å². The number of hydrogen-bond acceptors (Lipinski definition) is 5. The van der Waals surface area contributed by atoms with Gasteiger partial charge in [-0.3, -0.25) is 0 Å². The van der Waals surface area contributed by atoms with Crippen molar-refractivity contribution in [3.63, 3.8) is 0 Å². The molecule has 5 nitrogen and oxygen atoms in total. The summed E-state index contributed by atoms with van der Waals surface area (Å²) in [6.07, 6.45) is 5.41. The van der Waals surface area contributed by atoms with Crippen LogP contribution in [-0.4, -0.2) is 54.4 Å². The Morgan fingerprint density at radius 2 is 2.17 bits per heavy atom. The molecule has 3 heterocycles. The average Bonchev–Trinajstić information content (AvgIpc) is 3.07. The lowest BCUT2D eigenvalue weighted by atomic mass is 10.0. The van der Waals surface area contributed by atoms with Gasteiger partial charge in [-0.1, -0.05) is 0 Å². The standard InChI is InChI=1S/C18H29N3O2/c1-14(2)21-8-4-16(5-9-21)20-12-15-3-7-19-18(11-15)23-17-6-10-22-13-17/h3,7,11,14,16-17,20H,4-6,8-10,12-13H2,1-2H3. The van der Waals surface area contributed by atoms with Crippen LogP contribution in [0.2, 0.25) is 0 Å². The highest BCUT2D eigenvalue weighted by Crippen LogP contribution is 2.17. The molecule has 0 bridgehead atoms. The summed E-state index contributed by atoms with van der Waals surface area (Å²) in [6.45, 7) is 9.30. The Labute approximate surface area is 139 Å². The first-order valence-corrected chi connectivity index (χ1v) is 8.87. The van der Waals surface area contributed by atoms with Crippen molar-refractivity contribution in [1.82, 2.24) is 15.2 Å². The van der Waals surface area contributed by atoms with Crippen molar-refractivity contribution in [2.24, 2.45) is 0 Å². The van der Waals surface area contributed by atoms with Gasteiger partial charge >= 0.3 is 0 Å². The first-order valence-electron chi connectivity index (χ1n) is 8.87. The fourth-order valence-electron chi connectivity index (χ4n) is 3.28. The number of nitrogens with one attached hydrogen (secondary N) is 1. The van der Waals surface area contributed by atoms with Crippen LogP contribution >= 0.6 is 0 Å². The molecule has 2 aliphatic rings. The van der Waals surface area contributed by atoms with Crippen LogP contribution in [0.1, 0.15) is 38.7 Å². The molecule has 1 aromatic rings. The number of rotatable bonds is 6. The van der Waals surface area contributed by atoms with E-state index >= 15 is 0 Å². The minimum atomic E-state index is 0.158. The van der Waals surface area contributed by atoms with Gasteiger partial charge in [0.15, 0.2) is 0 Å². The molecule has 5 heteroatoms. The maximum absolute atomic E-state index is 5.88. The van der Waals surface area contributed by atoms with Gasteiger partial charge in [-0.2, -0.15) is 0 Å². The minimum Gasteiger partial charge on any atom is -0.472 e. The van der Waals surface area contributed by atoms with E-state index in [-0.39, 0.29) is 6.10 Å². The second kappa shape index (κ2) is 8.08. The SMILES string of the molecule is CC(C)N1CCC(NCc2ccnc(OC3CCOC3)c2)CC1. The zero-order valence-corrected chi connectivity index (χ0v) is 14.3. The normalized spacial score (nSPS) is 23.5. The van der Waals surface area contributed by atoms with Gasteiger partial charge in [0.2, 0.25) is 5.88 Å². The molecule has 2 fully saturated rings. The predicted molar refractivity (Wildman–Crippen MR) is 90.7 cm³/mol. The Hall–Kier alpha value is -1.17. The quantitative estimate of drug-likeness (QED) is 0.871. The predicted octanol–water partition coefficient (Wildman–Crippen LogP) is 2.21. The summed E-state index contributed by atoms with van der Waals surface area (Å²) in [5.74, 6) is 0.717. The maximum atomic E-state index is 5.88. The van der Waals surface area contributed by atoms with Crippen molar-refractivity contribution in [2.45, 2.75) is 57.8 Å². The molecular weight excluding hydrogens is 290 g/mol. The van der Waals surface area contributed by atoms with Gasteiger partial charge in [0.1, 0.15) is 6.10 Å². The molecule has 2 saturated heterocycles. The van der Waals surface area contributed by atoms with Crippen molar-refractivity contribution in [2.75, 3.05) is 26.3 Å². The Kier molecular flexibility index (Phi) is 5.86. The molecule has 1 aromatic heterocycles. The second-order valence-electron chi connectivity index (χ2n) is 6.89. The van der Waals surface area contributed by atoms with Crippen LogP contribution < -0.4 is 10.1 Å². The monoisotopic (exact) mass is 319 g/mol. The third-order valence-corrected chi connectivity index (χ3v) is 4.83. The molecule has 1 unspecified atom stereocenters. The molecule has 0 radical (unpaired) electrons. The lowest BCUT2D eigenvalue weighted by Gasteiger charge is -2.35. The van der Waals surface area contributed by atoms with E-state index in [1.54, 1.807) is 0 Å². The van der Waals surface area contributed by atoms with E-state index in [9.17, 15) is 0 Å². The largest absolute Gasteiger partial charge is 0.472 e. The number of aromatic nitrogens is 1. The fraction of sp³-hybridized carbons (Fsp3) is 0.722. The maximum Gasteiger partial charge on any atom is 0.213 e. The van der Waals surface area contributed by atoms with E-state index in [4.69, 9.17) is 9.47 Å². The molecule has 0 spiro atoms. The van der Waals surface area contributed by atoms with Crippen LogP contribution in [-0.2, 0) is 11.3 Å². The lowest BCUT2D eigenvalue weighted by Crippen LogP contribution is -2.44. The fourth-order valence-corrected chi connectivity index (χ4v) is 3.28. The summed E-state index contributed by atoms with van der Waals surface area (Å²) >= 11 is 0. The van der Waals surface area contributed by atoms with Crippen LogP contribution in [0.25, 0.3) is 0 Å². The van der Waals surface area contributed by atoms with Crippen molar-refractivity contribution in [1.29, 1.82) is 0 Å². The van der Waals surface area contributed by atoms with Crippen LogP contribution in [0.4, 0.5) is 0 Å². The van der Waals surface area contributed by atoms with Gasteiger partial charge in [0.05, 0.1) is 13.2 Å². The van der Waals surface area contributed by atoms with E-state index in [0.29, 0.717) is 18.7 Å². The Morgan fingerprint density at radius 1 is 1.35 bits per heavy atom. The average molecular weight is 319 g/mol. The van der Waals surface area contributed by atoms with E-state index in [2.05, 4.69) is 41.2 Å². The highest BCUT2D eigenvalue weighted by molar-refractivity contribution is 5.20. The summed E-state index contributed by atoms with van der Waals surface area (Å²) in [7, 11) is 0. The molecule has 1 atom stereocenters. The van der Waals surface area contributed by atoms with Crippen molar-refractivity contribution >= 4 is 0 Å². The molecule has 0 aromatic carbocycles. The van der Waals surface area contributed by atoms with Crippen LogP contribution in [0, 0.1) is 0 Å². The molecule has 128 valence electrons. The Morgan fingerprint density at radius 3 is 2.87 bits per heavy atom. The van der Waals surface area contributed by atoms with Gasteiger partial charge in [-0.25, -0.2) is 4.98 Å². The molecule has 0 aliphatic carbocycles. The van der Waals surface area contributed by atoms with Gasteiger partial charge in [-0.15, -0.1) is 0 Å².